The lowest BCUT2D eigenvalue weighted by Gasteiger charge is -2.33. The lowest BCUT2D eigenvalue weighted by atomic mass is 9.70. The molecule has 2 aliphatic heterocycles. The average molecular weight is 505 g/mol. The molecule has 35 heavy (non-hydrogen) atoms. The molecule has 0 saturated carbocycles. The van der Waals surface area contributed by atoms with Gasteiger partial charge in [-0.1, -0.05) is 0 Å². The van der Waals surface area contributed by atoms with Gasteiger partial charge in [0, 0.05) is 36.5 Å². The summed E-state index contributed by atoms with van der Waals surface area (Å²) in [5, 5.41) is 24.5. The zero-order valence-corrected chi connectivity index (χ0v) is 21.0. The third-order valence-electron chi connectivity index (χ3n) is 7.10. The Balaban J connectivity index is 1.74. The van der Waals surface area contributed by atoms with Crippen molar-refractivity contribution in [1.82, 2.24) is 9.62 Å². The van der Waals surface area contributed by atoms with Gasteiger partial charge in [-0.3, -0.25) is 14.4 Å². The predicted molar refractivity (Wildman–Crippen MR) is 126 cm³/mol. The van der Waals surface area contributed by atoms with Crippen LogP contribution in [0.25, 0.3) is 0 Å². The molecule has 1 fully saturated rings. The van der Waals surface area contributed by atoms with Gasteiger partial charge in [0.1, 0.15) is 34.0 Å². The second-order valence-electron chi connectivity index (χ2n) is 9.47. The molecular weight excluding hydrogens is 476 g/mol. The number of benzene rings is 1. The summed E-state index contributed by atoms with van der Waals surface area (Å²) in [5.74, 6) is -2.68. The van der Waals surface area contributed by atoms with Crippen molar-refractivity contribution in [2.24, 2.45) is 0 Å². The number of nitrogens with zero attached hydrogens (tertiary/aromatic N) is 1. The third kappa shape index (κ3) is 3.73. The molecule has 3 N–H and O–H groups in total. The van der Waals surface area contributed by atoms with Gasteiger partial charge in [0.15, 0.2) is 17.3 Å². The average Bonchev–Trinajstić information content (AvgIpc) is 3.05. The Hall–Kier alpha value is -3.18. The molecule has 0 bridgehead atoms. The van der Waals surface area contributed by atoms with Crippen LogP contribution < -0.4 is 10.1 Å². The van der Waals surface area contributed by atoms with Gasteiger partial charge in [-0.15, -0.1) is 0 Å². The van der Waals surface area contributed by atoms with Crippen LogP contribution in [0.15, 0.2) is 23.1 Å². The van der Waals surface area contributed by atoms with E-state index in [1.54, 1.807) is 6.92 Å². The molecule has 1 saturated heterocycles. The van der Waals surface area contributed by atoms with Crippen molar-refractivity contribution in [2.45, 2.75) is 52.0 Å². The highest BCUT2D eigenvalue weighted by atomic mass is 32.2. The number of carbonyl (C=O) groups is 3. The quantitative estimate of drug-likeness (QED) is 0.315. The molecule has 1 aromatic carbocycles. The van der Waals surface area contributed by atoms with Crippen molar-refractivity contribution < 1.29 is 37.8 Å². The van der Waals surface area contributed by atoms with Gasteiger partial charge < -0.3 is 20.3 Å². The fourth-order valence-electron chi connectivity index (χ4n) is 5.07. The molecule has 1 atom stereocenters. The highest BCUT2D eigenvalue weighted by Gasteiger charge is 2.56. The minimum atomic E-state index is -3.28. The number of phenolic OH excluding ortho intramolecular Hbond substituents is 2. The Labute approximate surface area is 203 Å². The number of hydrogen-bond acceptors (Lipinski definition) is 9. The number of piperidine rings is 1. The Morgan fingerprint density at radius 2 is 1.77 bits per heavy atom. The van der Waals surface area contributed by atoms with Crippen molar-refractivity contribution in [3.63, 3.8) is 0 Å². The number of nitrogens with one attached hydrogen (secondary N) is 1. The Morgan fingerprint density at radius 3 is 2.31 bits per heavy atom. The Morgan fingerprint density at radius 1 is 1.17 bits per heavy atom. The van der Waals surface area contributed by atoms with E-state index < -0.39 is 38.5 Å². The van der Waals surface area contributed by atoms with E-state index in [9.17, 15) is 33.0 Å². The van der Waals surface area contributed by atoms with Crippen LogP contribution >= 0.6 is 0 Å². The van der Waals surface area contributed by atoms with Crippen LogP contribution in [0.5, 0.6) is 17.2 Å². The molecule has 0 unspecified atom stereocenters. The SMILES string of the molecule is CC(=O)c1c(O)c(C)c(O)c2c1OC1=CC(=O)C(=C(C)NC3CCN(S(C)(=O)=O)CC3)C(=O)[C@@]12C. The number of fused-ring (bicyclic) bond motifs is 3. The normalized spacial score (nSPS) is 24.4. The van der Waals surface area contributed by atoms with Crippen molar-refractivity contribution in [3.05, 3.63) is 39.8 Å². The Bertz CT molecular complexity index is 1350. The summed E-state index contributed by atoms with van der Waals surface area (Å²) >= 11 is 0. The fourth-order valence-corrected chi connectivity index (χ4v) is 5.95. The highest BCUT2D eigenvalue weighted by molar-refractivity contribution is 7.88. The molecule has 10 nitrogen and oxygen atoms in total. The first-order chi connectivity index (χ1) is 16.2. The highest BCUT2D eigenvalue weighted by Crippen LogP contribution is 2.57. The van der Waals surface area contributed by atoms with Crippen molar-refractivity contribution >= 4 is 27.4 Å². The molecule has 1 aliphatic carbocycles. The summed E-state index contributed by atoms with van der Waals surface area (Å²) in [6.07, 6.45) is 3.34. The molecule has 0 aromatic heterocycles. The number of allylic oxidation sites excluding steroid dienone is 4. The van der Waals surface area contributed by atoms with Crippen LogP contribution in [-0.2, 0) is 25.0 Å². The number of phenols is 2. The summed E-state index contributed by atoms with van der Waals surface area (Å²) in [6, 6.07) is -0.136. The van der Waals surface area contributed by atoms with Gasteiger partial charge in [0.25, 0.3) is 0 Å². The van der Waals surface area contributed by atoms with E-state index in [1.165, 1.54) is 31.2 Å². The van der Waals surface area contributed by atoms with E-state index in [0.717, 1.165) is 6.26 Å². The van der Waals surface area contributed by atoms with Gasteiger partial charge in [0.2, 0.25) is 10.0 Å². The molecule has 0 radical (unpaired) electrons. The molecule has 4 rings (SSSR count). The maximum absolute atomic E-state index is 13.8. The smallest absolute Gasteiger partial charge is 0.211 e. The van der Waals surface area contributed by atoms with Crippen LogP contribution in [0.1, 0.15) is 55.1 Å². The van der Waals surface area contributed by atoms with E-state index in [2.05, 4.69) is 5.32 Å². The molecule has 2 heterocycles. The number of rotatable bonds is 4. The van der Waals surface area contributed by atoms with Gasteiger partial charge in [-0.2, -0.15) is 0 Å². The second-order valence-corrected chi connectivity index (χ2v) is 11.4. The van der Waals surface area contributed by atoms with E-state index in [-0.39, 0.29) is 45.6 Å². The van der Waals surface area contributed by atoms with Gasteiger partial charge in [-0.25, -0.2) is 12.7 Å². The van der Waals surface area contributed by atoms with Crippen molar-refractivity contribution in [2.75, 3.05) is 19.3 Å². The zero-order valence-electron chi connectivity index (χ0n) is 20.2. The molecular formula is C24H28N2O8S. The fraction of sp³-hybridized carbons (Fsp3) is 0.458. The van der Waals surface area contributed by atoms with E-state index in [4.69, 9.17) is 4.74 Å². The van der Waals surface area contributed by atoms with Gasteiger partial charge in [-0.05, 0) is 40.5 Å². The van der Waals surface area contributed by atoms with Crippen molar-refractivity contribution in [3.8, 4) is 17.2 Å². The summed E-state index contributed by atoms with van der Waals surface area (Å²) in [6.45, 7) is 6.43. The maximum atomic E-state index is 13.8. The number of aromatic hydroxyl groups is 2. The minimum Gasteiger partial charge on any atom is -0.507 e. The molecule has 0 amide bonds. The molecule has 3 aliphatic rings. The number of hydrogen-bond donors (Lipinski definition) is 3. The lowest BCUT2D eigenvalue weighted by Crippen LogP contribution is -2.45. The number of ketones is 3. The number of Topliss-reactive ketones (excluding diaryl/α,β-unsaturated/α-hetero) is 2. The lowest BCUT2D eigenvalue weighted by molar-refractivity contribution is -0.123. The first kappa shape index (κ1) is 24.9. The van der Waals surface area contributed by atoms with E-state index >= 15 is 0 Å². The van der Waals surface area contributed by atoms with Crippen molar-refractivity contribution in [1.29, 1.82) is 0 Å². The molecule has 0 spiro atoms. The van der Waals surface area contributed by atoms with Crippen LogP contribution in [0.3, 0.4) is 0 Å². The van der Waals surface area contributed by atoms with Crippen LogP contribution in [0.4, 0.5) is 0 Å². The minimum absolute atomic E-state index is 0.0247. The number of carbonyl (C=O) groups excluding carboxylic acids is 3. The molecule has 11 heteroatoms. The first-order valence-electron chi connectivity index (χ1n) is 11.2. The predicted octanol–water partition coefficient (Wildman–Crippen LogP) is 1.58. The largest absolute Gasteiger partial charge is 0.507 e. The van der Waals surface area contributed by atoms with Crippen LogP contribution in [0.2, 0.25) is 0 Å². The summed E-state index contributed by atoms with van der Waals surface area (Å²) < 4.78 is 30.7. The van der Waals surface area contributed by atoms with Crippen LogP contribution in [-0.4, -0.2) is 65.7 Å². The maximum Gasteiger partial charge on any atom is 0.211 e. The monoisotopic (exact) mass is 504 g/mol. The van der Waals surface area contributed by atoms with Gasteiger partial charge in [0.05, 0.1) is 17.4 Å². The van der Waals surface area contributed by atoms with Crippen LogP contribution in [0, 0.1) is 6.92 Å². The summed E-state index contributed by atoms with van der Waals surface area (Å²) in [5.41, 5.74) is -1.44. The first-order valence-corrected chi connectivity index (χ1v) is 13.1. The van der Waals surface area contributed by atoms with E-state index in [0.29, 0.717) is 31.6 Å². The van der Waals surface area contributed by atoms with Gasteiger partial charge >= 0.3 is 0 Å². The topological polar surface area (TPSA) is 150 Å². The second kappa shape index (κ2) is 8.20. The number of ether oxygens (including phenoxy) is 1. The standard InChI is InChI=1S/C24H28N2O8S/c1-11-20(29)18(13(3)27)22-19(21(11)30)24(4)16(34-22)10-15(28)17(23(24)31)12(2)25-14-6-8-26(9-7-14)35(5,32)33/h10,14,25,29-30H,6-9H2,1-5H3/t24-/m0/s1. The molecule has 188 valence electrons. The van der Waals surface area contributed by atoms with E-state index in [1.807, 2.05) is 0 Å². The Kier molecular flexibility index (Phi) is 5.84. The number of sulfonamides is 1. The third-order valence-corrected chi connectivity index (χ3v) is 8.41. The molecule has 1 aromatic rings. The summed E-state index contributed by atoms with van der Waals surface area (Å²) in [7, 11) is -3.28. The summed E-state index contributed by atoms with van der Waals surface area (Å²) in [4.78, 5) is 39.1. The zero-order chi connectivity index (χ0) is 26.0.